The first-order valence-electron chi connectivity index (χ1n) is 7.83. The molecule has 0 spiro atoms. The molecule has 5 heteroatoms. The first-order valence-corrected chi connectivity index (χ1v) is 7.83. The summed E-state index contributed by atoms with van der Waals surface area (Å²) in [5, 5.41) is 1.63. The topological polar surface area (TPSA) is 44.8 Å². The molecule has 2 amide bonds. The van der Waals surface area contributed by atoms with Crippen LogP contribution in [0.2, 0.25) is 0 Å². The Morgan fingerprint density at radius 1 is 1.12 bits per heavy atom. The molecule has 0 saturated carbocycles. The van der Waals surface area contributed by atoms with Crippen LogP contribution in [0.4, 0.5) is 4.79 Å². The van der Waals surface area contributed by atoms with E-state index in [9.17, 15) is 4.79 Å². The van der Waals surface area contributed by atoms with Crippen molar-refractivity contribution < 1.29 is 9.53 Å². The van der Waals surface area contributed by atoms with Gasteiger partial charge in [-0.05, 0) is 12.1 Å². The average Bonchev–Trinajstić information content (AvgIpc) is 2.57. The molecule has 124 valence electrons. The fraction of sp³-hybridized carbons (Fsp3) is 0.211. The summed E-state index contributed by atoms with van der Waals surface area (Å²) in [6.07, 6.45) is 1.73. The third kappa shape index (κ3) is 2.98. The predicted octanol–water partition coefficient (Wildman–Crippen LogP) is 3.56. The molecule has 0 aliphatic carbocycles. The molecule has 1 aliphatic rings. The normalized spacial score (nSPS) is 12.8. The fourth-order valence-electron chi connectivity index (χ4n) is 2.92. The van der Waals surface area contributed by atoms with E-state index in [0.29, 0.717) is 6.54 Å². The van der Waals surface area contributed by atoms with Crippen molar-refractivity contribution in [3.05, 3.63) is 72.3 Å². The summed E-state index contributed by atoms with van der Waals surface area (Å²) in [6.45, 7) is 4.23. The lowest BCUT2D eigenvalue weighted by Gasteiger charge is -2.36. The lowest BCUT2D eigenvalue weighted by atomic mass is 9.93. The average molecular weight is 323 g/mol. The number of amides is 2. The summed E-state index contributed by atoms with van der Waals surface area (Å²) in [5.74, 6) is 1.54. The molecular weight excluding hydrogens is 302 g/mol. The smallest absolute Gasteiger partial charge is 0.332 e. The number of carbonyl (C=O) groups is 1. The third-order valence-electron chi connectivity index (χ3n) is 3.86. The van der Waals surface area contributed by atoms with E-state index in [-0.39, 0.29) is 12.1 Å². The standard InChI is InChI=1S/C19H21N3O2/c1-4-13-22(19(23)20-21(2)3)18-14-9-5-7-11-16(14)24-17-12-8-6-10-15(17)18/h4-12,18H,1,13H2,2-3H3,(H,20,23). The quantitative estimate of drug-likeness (QED) is 0.691. The maximum Gasteiger partial charge on any atom is 0.332 e. The Kier molecular flexibility index (Phi) is 4.53. The number of hydrogen-bond donors (Lipinski definition) is 1. The molecule has 24 heavy (non-hydrogen) atoms. The minimum Gasteiger partial charge on any atom is -0.457 e. The second-order valence-electron chi connectivity index (χ2n) is 5.83. The second-order valence-corrected chi connectivity index (χ2v) is 5.83. The van der Waals surface area contributed by atoms with Crippen molar-refractivity contribution in [3.8, 4) is 11.5 Å². The number of ether oxygens (including phenoxy) is 1. The number of benzene rings is 2. The van der Waals surface area contributed by atoms with Crippen LogP contribution in [-0.2, 0) is 0 Å². The number of nitrogens with one attached hydrogen (secondary N) is 1. The van der Waals surface area contributed by atoms with Crippen LogP contribution in [0.25, 0.3) is 0 Å². The van der Waals surface area contributed by atoms with Crippen LogP contribution in [0.3, 0.4) is 0 Å². The summed E-state index contributed by atoms with van der Waals surface area (Å²) in [6, 6.07) is 15.2. The van der Waals surface area contributed by atoms with Crippen LogP contribution in [0.15, 0.2) is 61.2 Å². The second kappa shape index (κ2) is 6.76. The molecule has 2 aromatic rings. The first kappa shape index (κ1) is 16.1. The van der Waals surface area contributed by atoms with E-state index in [4.69, 9.17) is 4.74 Å². The monoisotopic (exact) mass is 323 g/mol. The van der Waals surface area contributed by atoms with Gasteiger partial charge in [-0.3, -0.25) is 5.43 Å². The maximum absolute atomic E-state index is 12.7. The number of hydrazine groups is 1. The van der Waals surface area contributed by atoms with Gasteiger partial charge in [0.1, 0.15) is 11.5 Å². The molecule has 1 heterocycles. The fourth-order valence-corrected chi connectivity index (χ4v) is 2.92. The SMILES string of the molecule is C=CCN(C(=O)NN(C)C)C1c2ccccc2Oc2ccccc21. The number of fused-ring (bicyclic) bond motifs is 2. The molecule has 0 fully saturated rings. The third-order valence-corrected chi connectivity index (χ3v) is 3.86. The Morgan fingerprint density at radius 3 is 2.17 bits per heavy atom. The molecule has 0 unspecified atom stereocenters. The Bertz CT molecular complexity index is 712. The van der Waals surface area contributed by atoms with Gasteiger partial charge in [0.25, 0.3) is 0 Å². The Balaban J connectivity index is 2.10. The first-order chi connectivity index (χ1) is 11.6. The van der Waals surface area contributed by atoms with Gasteiger partial charge in [-0.25, -0.2) is 9.80 Å². The van der Waals surface area contributed by atoms with E-state index < -0.39 is 0 Å². The Labute approximate surface area is 142 Å². The van der Waals surface area contributed by atoms with Crippen molar-refractivity contribution in [1.29, 1.82) is 0 Å². The van der Waals surface area contributed by atoms with Gasteiger partial charge in [-0.2, -0.15) is 0 Å². The van der Waals surface area contributed by atoms with Crippen LogP contribution in [0, 0.1) is 0 Å². The molecule has 3 rings (SSSR count). The zero-order chi connectivity index (χ0) is 17.1. The van der Waals surface area contributed by atoms with Crippen LogP contribution in [0.5, 0.6) is 11.5 Å². The highest BCUT2D eigenvalue weighted by Gasteiger charge is 2.33. The number of carbonyl (C=O) groups excluding carboxylic acids is 1. The van der Waals surface area contributed by atoms with Crippen molar-refractivity contribution in [3.63, 3.8) is 0 Å². The summed E-state index contributed by atoms with van der Waals surface area (Å²) < 4.78 is 6.00. The van der Waals surface area contributed by atoms with Gasteiger partial charge in [-0.1, -0.05) is 42.5 Å². The van der Waals surface area contributed by atoms with E-state index in [2.05, 4.69) is 12.0 Å². The number of nitrogens with zero attached hydrogens (tertiary/aromatic N) is 2. The number of rotatable bonds is 4. The van der Waals surface area contributed by atoms with E-state index in [1.165, 1.54) is 0 Å². The van der Waals surface area contributed by atoms with E-state index in [0.717, 1.165) is 22.6 Å². The number of hydrogen-bond acceptors (Lipinski definition) is 3. The Morgan fingerprint density at radius 2 is 1.67 bits per heavy atom. The summed E-state index contributed by atoms with van der Waals surface area (Å²) in [4.78, 5) is 14.5. The molecule has 0 saturated heterocycles. The zero-order valence-corrected chi connectivity index (χ0v) is 13.9. The highest BCUT2D eigenvalue weighted by molar-refractivity contribution is 5.76. The van der Waals surface area contributed by atoms with Crippen molar-refractivity contribution in [2.75, 3.05) is 20.6 Å². The van der Waals surface area contributed by atoms with Gasteiger partial charge in [0.15, 0.2) is 0 Å². The maximum atomic E-state index is 12.7. The van der Waals surface area contributed by atoms with Crippen LogP contribution >= 0.6 is 0 Å². The van der Waals surface area contributed by atoms with Crippen molar-refractivity contribution in [2.45, 2.75) is 6.04 Å². The zero-order valence-electron chi connectivity index (χ0n) is 13.9. The van der Waals surface area contributed by atoms with Gasteiger partial charge in [0, 0.05) is 31.8 Å². The van der Waals surface area contributed by atoms with Gasteiger partial charge >= 0.3 is 6.03 Å². The molecule has 0 radical (unpaired) electrons. The summed E-state index contributed by atoms with van der Waals surface area (Å²) in [5.41, 5.74) is 4.75. The highest BCUT2D eigenvalue weighted by atomic mass is 16.5. The van der Waals surface area contributed by atoms with E-state index >= 15 is 0 Å². The number of para-hydroxylation sites is 2. The molecule has 2 aromatic carbocycles. The van der Waals surface area contributed by atoms with Crippen molar-refractivity contribution >= 4 is 6.03 Å². The van der Waals surface area contributed by atoms with E-state index in [1.54, 1.807) is 30.1 Å². The largest absolute Gasteiger partial charge is 0.457 e. The molecule has 0 atom stereocenters. The number of urea groups is 1. The van der Waals surface area contributed by atoms with Gasteiger partial charge in [0.2, 0.25) is 0 Å². The van der Waals surface area contributed by atoms with Crippen LogP contribution < -0.4 is 10.2 Å². The van der Waals surface area contributed by atoms with Crippen molar-refractivity contribution in [2.24, 2.45) is 0 Å². The van der Waals surface area contributed by atoms with E-state index in [1.807, 2.05) is 48.5 Å². The predicted molar refractivity (Wildman–Crippen MR) is 93.9 cm³/mol. The van der Waals surface area contributed by atoms with Gasteiger partial charge in [0.05, 0.1) is 6.04 Å². The molecule has 5 nitrogen and oxygen atoms in total. The lowest BCUT2D eigenvalue weighted by molar-refractivity contribution is 0.162. The highest BCUT2D eigenvalue weighted by Crippen LogP contribution is 2.45. The Hall–Kier alpha value is -2.79. The molecular formula is C19H21N3O2. The summed E-state index contributed by atoms with van der Waals surface area (Å²) in [7, 11) is 3.58. The lowest BCUT2D eigenvalue weighted by Crippen LogP contribution is -2.48. The molecule has 0 bridgehead atoms. The van der Waals surface area contributed by atoms with Crippen LogP contribution in [0.1, 0.15) is 17.2 Å². The minimum atomic E-state index is -0.232. The molecule has 1 aliphatic heterocycles. The van der Waals surface area contributed by atoms with Gasteiger partial charge in [-0.15, -0.1) is 6.58 Å². The summed E-state index contributed by atoms with van der Waals surface area (Å²) >= 11 is 0. The molecule has 0 aromatic heterocycles. The van der Waals surface area contributed by atoms with Crippen LogP contribution in [-0.4, -0.2) is 36.6 Å². The molecule has 1 N–H and O–H groups in total. The van der Waals surface area contributed by atoms with Gasteiger partial charge < -0.3 is 9.64 Å². The van der Waals surface area contributed by atoms with Crippen molar-refractivity contribution in [1.82, 2.24) is 15.3 Å². The minimum absolute atomic E-state index is 0.184.